The SMILES string of the molecule is Cc1ccc(Nc2nc3cc(Oc4ccnc(C(=O)NC5CCN(C)CC5)c4)ccc3n2C)cc1-c1cccs1. The molecule has 1 amide bonds. The lowest BCUT2D eigenvalue weighted by Gasteiger charge is -2.29. The number of amides is 1. The number of carbonyl (C=O) groups excluding carboxylic acids is 1. The Kier molecular flexibility index (Phi) is 7.23. The summed E-state index contributed by atoms with van der Waals surface area (Å²) >= 11 is 1.73. The molecule has 5 aromatic rings. The first kappa shape index (κ1) is 26.0. The van der Waals surface area contributed by atoms with Crippen LogP contribution in [0.5, 0.6) is 11.5 Å². The van der Waals surface area contributed by atoms with Gasteiger partial charge in [0.2, 0.25) is 5.95 Å². The van der Waals surface area contributed by atoms with Crippen LogP contribution in [-0.4, -0.2) is 51.5 Å². The molecule has 1 aliphatic heterocycles. The van der Waals surface area contributed by atoms with Crippen molar-refractivity contribution in [2.45, 2.75) is 25.8 Å². The lowest BCUT2D eigenvalue weighted by atomic mass is 10.1. The number of nitrogens with one attached hydrogen (secondary N) is 2. The van der Waals surface area contributed by atoms with Gasteiger partial charge in [-0.2, -0.15) is 0 Å². The summed E-state index contributed by atoms with van der Waals surface area (Å²) in [6.07, 6.45) is 3.49. The van der Waals surface area contributed by atoms with E-state index in [2.05, 4.69) is 70.2 Å². The molecule has 4 heterocycles. The molecule has 0 unspecified atom stereocenters. The summed E-state index contributed by atoms with van der Waals surface area (Å²) in [5.41, 5.74) is 5.56. The molecule has 3 aromatic heterocycles. The van der Waals surface area contributed by atoms with Gasteiger partial charge in [-0.3, -0.25) is 9.78 Å². The van der Waals surface area contributed by atoms with Crippen LogP contribution in [0.25, 0.3) is 21.5 Å². The van der Waals surface area contributed by atoms with Crippen molar-refractivity contribution >= 4 is 39.9 Å². The number of hydrogen-bond donors (Lipinski definition) is 2. The maximum atomic E-state index is 12.8. The number of rotatable bonds is 7. The molecule has 1 saturated heterocycles. The standard InChI is InChI=1S/C31H32N6O2S/c1-20-6-7-22(17-25(20)29-5-4-16-40-29)34-31-35-26-18-23(8-9-28(26)37(31)3)39-24-10-13-32-27(19-24)30(38)33-21-11-14-36(2)15-12-21/h4-10,13,16-19,21H,11-12,14-15H2,1-3H3,(H,33,38)(H,34,35). The number of nitrogens with zero attached hydrogens (tertiary/aromatic N) is 4. The lowest BCUT2D eigenvalue weighted by Crippen LogP contribution is -2.43. The van der Waals surface area contributed by atoms with E-state index in [4.69, 9.17) is 9.72 Å². The lowest BCUT2D eigenvalue weighted by molar-refractivity contribution is 0.0911. The molecule has 9 heteroatoms. The van der Waals surface area contributed by atoms with Gasteiger partial charge in [0.1, 0.15) is 17.2 Å². The summed E-state index contributed by atoms with van der Waals surface area (Å²) in [4.78, 5) is 25.4. The topological polar surface area (TPSA) is 84.3 Å². The summed E-state index contributed by atoms with van der Waals surface area (Å²) in [5.74, 6) is 1.76. The molecule has 40 heavy (non-hydrogen) atoms. The Bertz CT molecular complexity index is 1650. The summed E-state index contributed by atoms with van der Waals surface area (Å²) in [6, 6.07) is 20.0. The number of benzene rings is 2. The van der Waals surface area contributed by atoms with Crippen LogP contribution in [0.4, 0.5) is 11.6 Å². The second-order valence-corrected chi connectivity index (χ2v) is 11.3. The molecule has 0 atom stereocenters. The molecule has 8 nitrogen and oxygen atoms in total. The zero-order chi connectivity index (χ0) is 27.6. The van der Waals surface area contributed by atoms with Crippen LogP contribution in [0.1, 0.15) is 28.9 Å². The molecule has 0 spiro atoms. The van der Waals surface area contributed by atoms with E-state index in [9.17, 15) is 4.79 Å². The molecule has 204 valence electrons. The highest BCUT2D eigenvalue weighted by atomic mass is 32.1. The number of thiophene rings is 1. The molecule has 6 rings (SSSR count). The fourth-order valence-corrected chi connectivity index (χ4v) is 5.84. The number of hydrogen-bond acceptors (Lipinski definition) is 7. The second-order valence-electron chi connectivity index (χ2n) is 10.3. The minimum absolute atomic E-state index is 0.172. The number of imidazole rings is 1. The van der Waals surface area contributed by atoms with Crippen LogP contribution in [-0.2, 0) is 7.05 Å². The van der Waals surface area contributed by atoms with E-state index in [1.54, 1.807) is 29.7 Å². The van der Waals surface area contributed by atoms with E-state index in [1.807, 2.05) is 29.8 Å². The van der Waals surface area contributed by atoms with E-state index >= 15 is 0 Å². The van der Waals surface area contributed by atoms with Crippen LogP contribution in [0.3, 0.4) is 0 Å². The number of pyridine rings is 1. The zero-order valence-corrected chi connectivity index (χ0v) is 23.7. The number of ether oxygens (including phenoxy) is 1. The molecule has 2 N–H and O–H groups in total. The summed E-state index contributed by atoms with van der Waals surface area (Å²) < 4.78 is 8.15. The maximum Gasteiger partial charge on any atom is 0.270 e. The van der Waals surface area contributed by atoms with Gasteiger partial charge in [-0.15, -0.1) is 11.3 Å². The Morgan fingerprint density at radius 1 is 1.02 bits per heavy atom. The minimum Gasteiger partial charge on any atom is -0.457 e. The summed E-state index contributed by atoms with van der Waals surface area (Å²) in [5, 5.41) is 8.68. The van der Waals surface area contributed by atoms with E-state index in [1.165, 1.54) is 16.0 Å². The summed E-state index contributed by atoms with van der Waals surface area (Å²) in [6.45, 7) is 4.09. The van der Waals surface area contributed by atoms with Crippen LogP contribution in [0.2, 0.25) is 0 Å². The Hall–Kier alpha value is -4.21. The van der Waals surface area contributed by atoms with Gasteiger partial charge in [0.15, 0.2) is 0 Å². The highest BCUT2D eigenvalue weighted by Gasteiger charge is 2.20. The number of piperidine rings is 1. The fourth-order valence-electron chi connectivity index (χ4n) is 5.03. The van der Waals surface area contributed by atoms with Crippen LogP contribution >= 0.6 is 11.3 Å². The number of carbonyl (C=O) groups is 1. The van der Waals surface area contributed by atoms with Gasteiger partial charge in [0.05, 0.1) is 11.0 Å². The highest BCUT2D eigenvalue weighted by Crippen LogP contribution is 2.32. The van der Waals surface area contributed by atoms with Gasteiger partial charge in [-0.1, -0.05) is 12.1 Å². The first-order chi connectivity index (χ1) is 19.4. The third kappa shape index (κ3) is 5.57. The predicted molar refractivity (Wildman–Crippen MR) is 161 cm³/mol. The van der Waals surface area contributed by atoms with Gasteiger partial charge in [0, 0.05) is 42.0 Å². The molecular formula is C31H32N6O2S. The van der Waals surface area contributed by atoms with Crippen molar-refractivity contribution < 1.29 is 9.53 Å². The Labute approximate surface area is 237 Å². The van der Waals surface area contributed by atoms with Crippen molar-refractivity contribution in [2.24, 2.45) is 7.05 Å². The number of anilines is 2. The van der Waals surface area contributed by atoms with Crippen molar-refractivity contribution in [3.63, 3.8) is 0 Å². The van der Waals surface area contributed by atoms with E-state index in [0.717, 1.165) is 48.6 Å². The molecule has 0 radical (unpaired) electrons. The van der Waals surface area contributed by atoms with Crippen molar-refractivity contribution in [1.29, 1.82) is 0 Å². The molecule has 1 fully saturated rings. The Morgan fingerprint density at radius 2 is 1.85 bits per heavy atom. The van der Waals surface area contributed by atoms with Gasteiger partial charge in [-0.05, 0) is 92.8 Å². The first-order valence-electron chi connectivity index (χ1n) is 13.4. The van der Waals surface area contributed by atoms with Gasteiger partial charge < -0.3 is 24.8 Å². The quantitative estimate of drug-likeness (QED) is 0.244. The molecule has 1 aliphatic rings. The molecule has 0 aliphatic carbocycles. The Morgan fingerprint density at radius 3 is 2.65 bits per heavy atom. The van der Waals surface area contributed by atoms with Crippen molar-refractivity contribution in [3.05, 3.63) is 83.5 Å². The largest absolute Gasteiger partial charge is 0.457 e. The molecule has 0 saturated carbocycles. The van der Waals surface area contributed by atoms with Crippen molar-refractivity contribution in [2.75, 3.05) is 25.5 Å². The molecule has 0 bridgehead atoms. The number of likely N-dealkylation sites (tertiary alicyclic amines) is 1. The average molecular weight is 553 g/mol. The monoisotopic (exact) mass is 552 g/mol. The minimum atomic E-state index is -0.172. The van der Waals surface area contributed by atoms with Crippen molar-refractivity contribution in [1.82, 2.24) is 24.8 Å². The first-order valence-corrected chi connectivity index (χ1v) is 14.3. The Balaban J connectivity index is 1.17. The van der Waals surface area contributed by atoms with Gasteiger partial charge in [-0.25, -0.2) is 4.98 Å². The van der Waals surface area contributed by atoms with E-state index < -0.39 is 0 Å². The summed E-state index contributed by atoms with van der Waals surface area (Å²) in [7, 11) is 4.09. The van der Waals surface area contributed by atoms with Crippen LogP contribution in [0.15, 0.2) is 72.2 Å². The van der Waals surface area contributed by atoms with Gasteiger partial charge >= 0.3 is 0 Å². The number of aryl methyl sites for hydroxylation is 2. The average Bonchev–Trinajstić information content (AvgIpc) is 3.59. The smallest absolute Gasteiger partial charge is 0.270 e. The van der Waals surface area contributed by atoms with Crippen LogP contribution < -0.4 is 15.4 Å². The number of fused-ring (bicyclic) bond motifs is 1. The second kappa shape index (κ2) is 11.1. The molecular weight excluding hydrogens is 520 g/mol. The third-order valence-electron chi connectivity index (χ3n) is 7.39. The maximum absolute atomic E-state index is 12.8. The van der Waals surface area contributed by atoms with Crippen molar-refractivity contribution in [3.8, 4) is 21.9 Å². The van der Waals surface area contributed by atoms with Gasteiger partial charge in [0.25, 0.3) is 5.91 Å². The zero-order valence-electron chi connectivity index (χ0n) is 22.8. The predicted octanol–water partition coefficient (Wildman–Crippen LogP) is 6.37. The van der Waals surface area contributed by atoms with E-state index in [0.29, 0.717) is 17.2 Å². The number of aromatic nitrogens is 3. The third-order valence-corrected chi connectivity index (χ3v) is 8.29. The fraction of sp³-hybridized carbons (Fsp3) is 0.258. The highest BCUT2D eigenvalue weighted by molar-refractivity contribution is 7.13. The normalized spacial score (nSPS) is 14.4. The van der Waals surface area contributed by atoms with E-state index in [-0.39, 0.29) is 11.9 Å². The molecule has 2 aromatic carbocycles. The van der Waals surface area contributed by atoms with Crippen LogP contribution in [0, 0.1) is 6.92 Å².